The molecule has 94 valence electrons. The van der Waals surface area contributed by atoms with Gasteiger partial charge in [0.1, 0.15) is 5.75 Å². The molecule has 0 unspecified atom stereocenters. The smallest absolute Gasteiger partial charge is 0.258 e. The quantitative estimate of drug-likeness (QED) is 0.896. The molecule has 17 heavy (non-hydrogen) atoms. The van der Waals surface area contributed by atoms with Gasteiger partial charge in [-0.15, -0.1) is 0 Å². The first-order valence-corrected chi connectivity index (χ1v) is 6.15. The number of rotatable bonds is 5. The van der Waals surface area contributed by atoms with Crippen LogP contribution in [0.25, 0.3) is 0 Å². The zero-order chi connectivity index (χ0) is 12.8. The molecule has 1 atom stereocenters. The van der Waals surface area contributed by atoms with Gasteiger partial charge in [-0.05, 0) is 25.5 Å². The lowest BCUT2D eigenvalue weighted by Gasteiger charge is -2.12. The topological polar surface area (TPSA) is 38.3 Å². The SMILES string of the molecule is CC[C@@H](C)NC(=O)COc1ccc(Cl)c(Cl)c1. The maximum Gasteiger partial charge on any atom is 0.258 e. The third-order valence-corrected chi connectivity index (χ3v) is 3.02. The minimum Gasteiger partial charge on any atom is -0.484 e. The van der Waals surface area contributed by atoms with Crippen LogP contribution in [0.2, 0.25) is 10.0 Å². The lowest BCUT2D eigenvalue weighted by molar-refractivity contribution is -0.123. The Hall–Kier alpha value is -0.930. The fourth-order valence-electron chi connectivity index (χ4n) is 1.13. The molecule has 1 N–H and O–H groups in total. The minimum atomic E-state index is -0.148. The van der Waals surface area contributed by atoms with Gasteiger partial charge in [-0.2, -0.15) is 0 Å². The summed E-state index contributed by atoms with van der Waals surface area (Å²) in [5.74, 6) is 0.379. The highest BCUT2D eigenvalue weighted by Crippen LogP contribution is 2.26. The van der Waals surface area contributed by atoms with Crippen LogP contribution in [0.15, 0.2) is 18.2 Å². The number of nitrogens with one attached hydrogen (secondary N) is 1. The van der Waals surface area contributed by atoms with Crippen molar-refractivity contribution in [2.24, 2.45) is 0 Å². The van der Waals surface area contributed by atoms with Crippen molar-refractivity contribution in [3.05, 3.63) is 28.2 Å². The number of halogens is 2. The van der Waals surface area contributed by atoms with Crippen molar-refractivity contribution in [3.8, 4) is 5.75 Å². The minimum absolute atomic E-state index is 0.0255. The molecule has 0 saturated heterocycles. The van der Waals surface area contributed by atoms with Crippen molar-refractivity contribution in [2.45, 2.75) is 26.3 Å². The number of ether oxygens (including phenoxy) is 1. The summed E-state index contributed by atoms with van der Waals surface area (Å²) < 4.78 is 5.29. The van der Waals surface area contributed by atoms with Gasteiger partial charge < -0.3 is 10.1 Å². The summed E-state index contributed by atoms with van der Waals surface area (Å²) in [5.41, 5.74) is 0. The average molecular weight is 276 g/mol. The molecule has 0 aliphatic heterocycles. The van der Waals surface area contributed by atoms with Crippen molar-refractivity contribution in [1.82, 2.24) is 5.32 Å². The Labute approximate surface area is 111 Å². The van der Waals surface area contributed by atoms with E-state index in [1.54, 1.807) is 18.2 Å². The zero-order valence-electron chi connectivity index (χ0n) is 9.80. The molecular weight excluding hydrogens is 261 g/mol. The Morgan fingerprint density at radius 3 is 2.71 bits per heavy atom. The molecule has 0 aliphatic rings. The summed E-state index contributed by atoms with van der Waals surface area (Å²) in [6.07, 6.45) is 0.887. The van der Waals surface area contributed by atoms with Crippen molar-refractivity contribution in [2.75, 3.05) is 6.61 Å². The van der Waals surface area contributed by atoms with Crippen molar-refractivity contribution in [3.63, 3.8) is 0 Å². The molecule has 0 heterocycles. The van der Waals surface area contributed by atoms with E-state index in [1.807, 2.05) is 13.8 Å². The number of carbonyl (C=O) groups is 1. The highest BCUT2D eigenvalue weighted by molar-refractivity contribution is 6.42. The van der Waals surface area contributed by atoms with Crippen LogP contribution in [0, 0.1) is 0 Å². The molecule has 0 aromatic heterocycles. The lowest BCUT2D eigenvalue weighted by atomic mass is 10.2. The molecule has 1 amide bonds. The molecule has 1 aromatic carbocycles. The van der Waals surface area contributed by atoms with Crippen molar-refractivity contribution in [1.29, 1.82) is 0 Å². The van der Waals surface area contributed by atoms with Gasteiger partial charge in [-0.1, -0.05) is 30.1 Å². The highest BCUT2D eigenvalue weighted by Gasteiger charge is 2.07. The van der Waals surface area contributed by atoms with Gasteiger partial charge in [0.05, 0.1) is 10.0 Å². The molecule has 0 spiro atoms. The Bertz CT molecular complexity index is 396. The summed E-state index contributed by atoms with van der Waals surface area (Å²) in [4.78, 5) is 11.4. The van der Waals surface area contributed by atoms with E-state index in [0.717, 1.165) is 6.42 Å². The first kappa shape index (κ1) is 14.1. The van der Waals surface area contributed by atoms with Crippen LogP contribution in [-0.2, 0) is 4.79 Å². The Morgan fingerprint density at radius 2 is 2.12 bits per heavy atom. The van der Waals surface area contributed by atoms with Crippen molar-refractivity contribution < 1.29 is 9.53 Å². The van der Waals surface area contributed by atoms with Gasteiger partial charge in [0.15, 0.2) is 6.61 Å². The van der Waals surface area contributed by atoms with Crippen LogP contribution < -0.4 is 10.1 Å². The van der Waals surface area contributed by atoms with Crippen molar-refractivity contribution >= 4 is 29.1 Å². The lowest BCUT2D eigenvalue weighted by Crippen LogP contribution is -2.35. The fourth-order valence-corrected chi connectivity index (χ4v) is 1.42. The highest BCUT2D eigenvalue weighted by atomic mass is 35.5. The number of amides is 1. The van der Waals surface area contributed by atoms with Crippen LogP contribution in [0.5, 0.6) is 5.75 Å². The molecule has 1 aromatic rings. The molecule has 5 heteroatoms. The summed E-state index contributed by atoms with van der Waals surface area (Å²) in [5, 5.41) is 3.67. The predicted molar refractivity (Wildman–Crippen MR) is 69.9 cm³/mol. The van der Waals surface area contributed by atoms with E-state index < -0.39 is 0 Å². The van der Waals surface area contributed by atoms with Crippen LogP contribution in [-0.4, -0.2) is 18.6 Å². The largest absolute Gasteiger partial charge is 0.484 e. The normalized spacial score (nSPS) is 12.0. The van der Waals surface area contributed by atoms with E-state index in [9.17, 15) is 4.79 Å². The van der Waals surface area contributed by atoms with Crippen LogP contribution in [0.1, 0.15) is 20.3 Å². The molecule has 0 fully saturated rings. The van der Waals surface area contributed by atoms with Gasteiger partial charge in [0, 0.05) is 12.1 Å². The Morgan fingerprint density at radius 1 is 1.41 bits per heavy atom. The molecule has 0 bridgehead atoms. The summed E-state index contributed by atoms with van der Waals surface area (Å²) >= 11 is 11.6. The second-order valence-corrected chi connectivity index (χ2v) is 4.56. The third-order valence-electron chi connectivity index (χ3n) is 2.28. The van der Waals surface area contributed by atoms with Crippen LogP contribution in [0.4, 0.5) is 0 Å². The van der Waals surface area contributed by atoms with Gasteiger partial charge >= 0.3 is 0 Å². The second kappa shape index (κ2) is 6.72. The first-order chi connectivity index (χ1) is 8.02. The van der Waals surface area contributed by atoms with E-state index in [1.165, 1.54) is 0 Å². The van der Waals surface area contributed by atoms with Gasteiger partial charge in [-0.25, -0.2) is 0 Å². The molecule has 0 aliphatic carbocycles. The standard InChI is InChI=1S/C12H15Cl2NO2/c1-3-8(2)15-12(16)7-17-9-4-5-10(13)11(14)6-9/h4-6,8H,3,7H2,1-2H3,(H,15,16)/t8-/m1/s1. The van der Waals surface area contributed by atoms with E-state index in [2.05, 4.69) is 5.32 Å². The molecule has 3 nitrogen and oxygen atoms in total. The van der Waals surface area contributed by atoms with E-state index in [-0.39, 0.29) is 18.6 Å². The first-order valence-electron chi connectivity index (χ1n) is 5.40. The molecular formula is C12H15Cl2NO2. The fraction of sp³-hybridized carbons (Fsp3) is 0.417. The molecule has 1 rings (SSSR count). The number of hydrogen-bond acceptors (Lipinski definition) is 2. The van der Waals surface area contributed by atoms with Crippen LogP contribution >= 0.6 is 23.2 Å². The number of benzene rings is 1. The van der Waals surface area contributed by atoms with E-state index in [0.29, 0.717) is 15.8 Å². The van der Waals surface area contributed by atoms with Gasteiger partial charge in [0.2, 0.25) is 0 Å². The number of hydrogen-bond donors (Lipinski definition) is 1. The zero-order valence-corrected chi connectivity index (χ0v) is 11.3. The monoisotopic (exact) mass is 275 g/mol. The summed E-state index contributed by atoms with van der Waals surface area (Å²) in [6.45, 7) is 3.92. The predicted octanol–water partition coefficient (Wildman–Crippen LogP) is 3.29. The number of carbonyl (C=O) groups excluding carboxylic acids is 1. The van der Waals surface area contributed by atoms with E-state index >= 15 is 0 Å². The third kappa shape index (κ3) is 4.84. The summed E-state index contributed by atoms with van der Waals surface area (Å²) in [6, 6.07) is 5.04. The van der Waals surface area contributed by atoms with E-state index in [4.69, 9.17) is 27.9 Å². The van der Waals surface area contributed by atoms with Crippen LogP contribution in [0.3, 0.4) is 0 Å². The van der Waals surface area contributed by atoms with Gasteiger partial charge in [0.25, 0.3) is 5.91 Å². The molecule has 0 radical (unpaired) electrons. The Kier molecular flexibility index (Phi) is 5.59. The summed E-state index contributed by atoms with van der Waals surface area (Å²) in [7, 11) is 0. The maximum absolute atomic E-state index is 11.4. The maximum atomic E-state index is 11.4. The Balaban J connectivity index is 2.45. The second-order valence-electron chi connectivity index (χ2n) is 3.74. The van der Waals surface area contributed by atoms with Gasteiger partial charge in [-0.3, -0.25) is 4.79 Å². The molecule has 0 saturated carbocycles. The average Bonchev–Trinajstić information content (AvgIpc) is 2.30.